The number of hydrogen-bond donors (Lipinski definition) is 2. The molecule has 7 rings (SSSR count). The fourth-order valence-corrected chi connectivity index (χ4v) is 6.27. The minimum atomic E-state index is -0.946. The number of fused-ring (bicyclic) bond motifs is 1. The lowest BCUT2D eigenvalue weighted by Gasteiger charge is -2.32. The molecule has 10 nitrogen and oxygen atoms in total. The molecule has 1 aliphatic heterocycles. The van der Waals surface area contributed by atoms with Crippen LogP contribution in [-0.2, 0) is 0 Å². The van der Waals surface area contributed by atoms with Gasteiger partial charge in [0.2, 0.25) is 5.95 Å². The maximum Gasteiger partial charge on any atom is 0.261 e. The van der Waals surface area contributed by atoms with Gasteiger partial charge in [0, 0.05) is 62.1 Å². The lowest BCUT2D eigenvalue weighted by atomic mass is 10.0. The molecule has 0 saturated carbocycles. The van der Waals surface area contributed by atoms with Crippen molar-refractivity contribution in [1.82, 2.24) is 29.4 Å². The van der Waals surface area contributed by atoms with Crippen LogP contribution < -0.4 is 15.4 Å². The molecule has 3 aromatic carbocycles. The molecule has 2 N–H and O–H groups in total. The molecule has 1 aliphatic rings. The minimum absolute atomic E-state index is 0.340. The van der Waals surface area contributed by atoms with Gasteiger partial charge in [0.05, 0.1) is 28.4 Å². The van der Waals surface area contributed by atoms with E-state index in [4.69, 9.17) is 26.4 Å². The van der Waals surface area contributed by atoms with Crippen LogP contribution >= 0.6 is 11.6 Å². The first kappa shape index (κ1) is 34.0. The van der Waals surface area contributed by atoms with Crippen LogP contribution in [-0.4, -0.2) is 81.7 Å². The molecule has 4 heterocycles. The van der Waals surface area contributed by atoms with Gasteiger partial charge in [0.15, 0.2) is 0 Å². The number of nitrogens with zero attached hydrogens (tertiary/aromatic N) is 6. The van der Waals surface area contributed by atoms with Crippen LogP contribution in [0.25, 0.3) is 28.0 Å². The summed E-state index contributed by atoms with van der Waals surface area (Å²) in [5.41, 5.74) is 3.72. The van der Waals surface area contributed by atoms with Crippen molar-refractivity contribution in [2.45, 2.75) is 6.42 Å². The lowest BCUT2D eigenvalue weighted by Crippen LogP contribution is -2.44. The van der Waals surface area contributed by atoms with Crippen molar-refractivity contribution in [2.75, 3.05) is 57.0 Å². The number of amides is 1. The number of aromatic nitrogens is 4. The Hall–Kier alpha value is -5.43. The summed E-state index contributed by atoms with van der Waals surface area (Å²) < 4.78 is 36.3. The molecule has 51 heavy (non-hydrogen) atoms. The number of ether oxygens (including phenoxy) is 1. The molecule has 1 saturated heterocycles. The van der Waals surface area contributed by atoms with Gasteiger partial charge in [-0.05, 0) is 74.1 Å². The molecule has 0 bridgehead atoms. The van der Waals surface area contributed by atoms with Crippen LogP contribution in [0, 0.1) is 11.6 Å². The number of carbonyl (C=O) groups excluding carboxylic acids is 1. The molecule has 260 valence electrons. The number of rotatable bonds is 11. The highest BCUT2D eigenvalue weighted by Gasteiger charge is 2.21. The Bertz CT molecular complexity index is 2170. The van der Waals surface area contributed by atoms with E-state index in [2.05, 4.69) is 32.5 Å². The van der Waals surface area contributed by atoms with Gasteiger partial charge >= 0.3 is 0 Å². The third-order valence-corrected chi connectivity index (χ3v) is 8.99. The molecule has 1 fully saturated rings. The Labute approximate surface area is 298 Å². The number of carbonyl (C=O) groups is 1. The van der Waals surface area contributed by atoms with E-state index in [-0.39, 0.29) is 0 Å². The van der Waals surface area contributed by atoms with Gasteiger partial charge in [-0.2, -0.15) is 5.10 Å². The van der Waals surface area contributed by atoms with Gasteiger partial charge in [-0.1, -0.05) is 35.9 Å². The molecule has 0 radical (unpaired) electrons. The van der Waals surface area contributed by atoms with E-state index in [0.717, 1.165) is 62.4 Å². The summed E-state index contributed by atoms with van der Waals surface area (Å²) in [5, 5.41) is 11.2. The molecule has 0 spiro atoms. The van der Waals surface area contributed by atoms with E-state index in [9.17, 15) is 13.6 Å². The van der Waals surface area contributed by atoms with Gasteiger partial charge in [-0.3, -0.25) is 4.79 Å². The monoisotopic (exact) mass is 708 g/mol. The smallest absolute Gasteiger partial charge is 0.261 e. The summed E-state index contributed by atoms with van der Waals surface area (Å²) in [6, 6.07) is 23.2. The lowest BCUT2D eigenvalue weighted by molar-refractivity contribution is 0.101. The first-order valence-corrected chi connectivity index (χ1v) is 17.0. The predicted octanol–water partition coefficient (Wildman–Crippen LogP) is 7.40. The topological polar surface area (TPSA) is 99.9 Å². The number of hydrogen-bond acceptors (Lipinski definition) is 8. The zero-order chi connectivity index (χ0) is 35.3. The molecule has 6 aromatic rings. The number of benzene rings is 3. The molecule has 0 unspecified atom stereocenters. The van der Waals surface area contributed by atoms with E-state index in [1.165, 1.54) is 6.07 Å². The highest BCUT2D eigenvalue weighted by Crippen LogP contribution is 2.36. The number of likely N-dealkylation sites (N-methyl/N-ethyl adjacent to an activating group) is 1. The van der Waals surface area contributed by atoms with Gasteiger partial charge in [0.25, 0.3) is 5.91 Å². The third-order valence-electron chi connectivity index (χ3n) is 8.70. The quantitative estimate of drug-likeness (QED) is 0.134. The molecule has 0 aliphatic carbocycles. The normalized spacial score (nSPS) is 13.7. The first-order valence-electron chi connectivity index (χ1n) is 16.6. The predicted molar refractivity (Wildman–Crippen MR) is 195 cm³/mol. The van der Waals surface area contributed by atoms with Crippen LogP contribution in [0.4, 0.5) is 26.1 Å². The third kappa shape index (κ3) is 7.83. The second-order valence-electron chi connectivity index (χ2n) is 12.3. The fourth-order valence-electron chi connectivity index (χ4n) is 6.03. The average molecular weight is 709 g/mol. The van der Waals surface area contributed by atoms with Crippen molar-refractivity contribution in [1.29, 1.82) is 0 Å². The number of anilines is 3. The van der Waals surface area contributed by atoms with Crippen molar-refractivity contribution >= 4 is 40.3 Å². The fraction of sp³-hybridized carbons (Fsp3) is 0.211. The standard InChI is InChI=1S/C38H35ClF2N8O2/c1-47-18-20-48(21-19-47)16-6-22-51-33-13-12-27(24-28(33)39)44-38-42-15-14-31(45-38)35-32-11-2-3-17-49(32)46-36(35)25-7-4-8-26(23-25)43-37(50)34-29(40)9-5-10-30(34)41/h2-5,7-15,17,23-24H,6,16,18-22H2,1H3,(H,43,50)(H,42,44,45). The van der Waals surface area contributed by atoms with Crippen molar-refractivity contribution in [3.8, 4) is 28.3 Å². The highest BCUT2D eigenvalue weighted by atomic mass is 35.5. The van der Waals surface area contributed by atoms with Crippen molar-refractivity contribution in [3.63, 3.8) is 0 Å². The second kappa shape index (κ2) is 15.2. The maximum atomic E-state index is 14.3. The molecular formula is C38H35ClF2N8O2. The first-order chi connectivity index (χ1) is 24.8. The molecular weight excluding hydrogens is 674 g/mol. The van der Waals surface area contributed by atoms with E-state index in [1.807, 2.05) is 42.6 Å². The number of halogens is 3. The summed E-state index contributed by atoms with van der Waals surface area (Å²) in [4.78, 5) is 26.9. The Balaban J connectivity index is 1.09. The van der Waals surface area contributed by atoms with E-state index in [0.29, 0.717) is 51.7 Å². The van der Waals surface area contributed by atoms with Gasteiger partial charge in [0.1, 0.15) is 28.6 Å². The number of pyridine rings is 1. The van der Waals surface area contributed by atoms with Crippen LogP contribution in [0.15, 0.2) is 97.3 Å². The molecule has 0 atom stereocenters. The average Bonchev–Trinajstić information content (AvgIpc) is 3.52. The summed E-state index contributed by atoms with van der Waals surface area (Å²) in [5.74, 6) is -1.83. The summed E-state index contributed by atoms with van der Waals surface area (Å²) in [6.45, 7) is 5.90. The van der Waals surface area contributed by atoms with Gasteiger partial charge in [-0.15, -0.1) is 0 Å². The Morgan fingerprint density at radius 2 is 1.73 bits per heavy atom. The molecule has 13 heteroatoms. The number of nitrogens with one attached hydrogen (secondary N) is 2. The van der Waals surface area contributed by atoms with E-state index in [1.54, 1.807) is 41.0 Å². The molecule has 1 amide bonds. The van der Waals surface area contributed by atoms with E-state index >= 15 is 0 Å². The van der Waals surface area contributed by atoms with Gasteiger partial charge in [-0.25, -0.2) is 23.3 Å². The highest BCUT2D eigenvalue weighted by molar-refractivity contribution is 6.32. The zero-order valence-corrected chi connectivity index (χ0v) is 28.6. The maximum absolute atomic E-state index is 14.3. The van der Waals surface area contributed by atoms with Crippen LogP contribution in [0.3, 0.4) is 0 Å². The zero-order valence-electron chi connectivity index (χ0n) is 27.8. The Kier molecular flexibility index (Phi) is 10.2. The SMILES string of the molecule is CN1CCN(CCCOc2ccc(Nc3nccc(-c4c(-c5cccc(NC(=O)c6c(F)cccc6F)c5)nn5ccccc45)n3)cc2Cl)CC1. The number of piperazine rings is 1. The van der Waals surface area contributed by atoms with Crippen LogP contribution in [0.5, 0.6) is 5.75 Å². The summed E-state index contributed by atoms with van der Waals surface area (Å²) >= 11 is 6.60. The van der Waals surface area contributed by atoms with Crippen molar-refractivity contribution in [2.24, 2.45) is 0 Å². The van der Waals surface area contributed by atoms with Crippen molar-refractivity contribution in [3.05, 3.63) is 120 Å². The minimum Gasteiger partial charge on any atom is -0.492 e. The van der Waals surface area contributed by atoms with Crippen LogP contribution in [0.2, 0.25) is 5.02 Å². The summed E-state index contributed by atoms with van der Waals surface area (Å²) in [7, 11) is 2.15. The van der Waals surface area contributed by atoms with Crippen LogP contribution in [0.1, 0.15) is 16.8 Å². The second-order valence-corrected chi connectivity index (χ2v) is 12.7. The Morgan fingerprint density at radius 3 is 2.53 bits per heavy atom. The Morgan fingerprint density at radius 1 is 0.922 bits per heavy atom. The largest absolute Gasteiger partial charge is 0.492 e. The van der Waals surface area contributed by atoms with Gasteiger partial charge < -0.3 is 25.2 Å². The van der Waals surface area contributed by atoms with Crippen molar-refractivity contribution < 1.29 is 18.3 Å². The summed E-state index contributed by atoms with van der Waals surface area (Å²) in [6.07, 6.45) is 4.39. The molecule has 3 aromatic heterocycles. The van der Waals surface area contributed by atoms with E-state index < -0.39 is 23.1 Å².